The lowest BCUT2D eigenvalue weighted by Gasteiger charge is -2.34. The third kappa shape index (κ3) is 5.19. The van der Waals surface area contributed by atoms with Crippen LogP contribution in [0.15, 0.2) is 41.3 Å². The first kappa shape index (κ1) is 23.1. The van der Waals surface area contributed by atoms with Crippen LogP contribution in [0.5, 0.6) is 11.5 Å². The van der Waals surface area contributed by atoms with E-state index in [-0.39, 0.29) is 5.91 Å². The van der Waals surface area contributed by atoms with Gasteiger partial charge in [-0.15, -0.1) is 0 Å². The van der Waals surface area contributed by atoms with E-state index in [9.17, 15) is 13.2 Å². The molecular formula is C23H30N2O5S. The third-order valence-electron chi connectivity index (χ3n) is 5.63. The zero-order valence-corrected chi connectivity index (χ0v) is 19.4. The molecule has 3 rings (SSSR count). The van der Waals surface area contributed by atoms with Crippen molar-refractivity contribution in [2.24, 2.45) is 0 Å². The van der Waals surface area contributed by atoms with Gasteiger partial charge in [0.15, 0.2) is 11.5 Å². The first-order chi connectivity index (χ1) is 14.8. The maximum Gasteiger partial charge on any atom is 0.243 e. The normalized spacial score (nSPS) is 15.0. The molecule has 1 saturated heterocycles. The number of methoxy groups -OCH3 is 2. The lowest BCUT2D eigenvalue weighted by atomic mass is 10.1. The zero-order chi connectivity index (χ0) is 22.6. The number of carbonyl (C=O) groups excluding carboxylic acids is 1. The third-order valence-corrected chi connectivity index (χ3v) is 7.67. The Bertz CT molecular complexity index is 1040. The Morgan fingerprint density at radius 1 is 0.935 bits per heavy atom. The Hall–Kier alpha value is -2.58. The van der Waals surface area contributed by atoms with Crippen molar-refractivity contribution in [3.8, 4) is 11.5 Å². The van der Waals surface area contributed by atoms with E-state index in [0.717, 1.165) is 16.7 Å². The molecule has 0 bridgehead atoms. The molecule has 0 saturated carbocycles. The molecule has 168 valence electrons. The number of aryl methyl sites for hydroxylation is 3. The molecule has 0 N–H and O–H groups in total. The summed E-state index contributed by atoms with van der Waals surface area (Å²) in [6.45, 7) is 5.09. The first-order valence-corrected chi connectivity index (χ1v) is 11.8. The van der Waals surface area contributed by atoms with E-state index in [4.69, 9.17) is 9.47 Å². The second-order valence-corrected chi connectivity index (χ2v) is 9.65. The lowest BCUT2D eigenvalue weighted by Crippen LogP contribution is -2.50. The number of hydrogen-bond acceptors (Lipinski definition) is 5. The number of rotatable bonds is 7. The lowest BCUT2D eigenvalue weighted by molar-refractivity contribution is -0.132. The van der Waals surface area contributed by atoms with Crippen LogP contribution in [0.3, 0.4) is 0 Å². The molecule has 7 nitrogen and oxygen atoms in total. The van der Waals surface area contributed by atoms with Gasteiger partial charge in [-0.3, -0.25) is 4.79 Å². The van der Waals surface area contributed by atoms with Gasteiger partial charge in [0.1, 0.15) is 0 Å². The summed E-state index contributed by atoms with van der Waals surface area (Å²) in [4.78, 5) is 14.8. The van der Waals surface area contributed by atoms with Crippen molar-refractivity contribution in [3.05, 3.63) is 53.1 Å². The minimum Gasteiger partial charge on any atom is -0.493 e. The molecule has 1 aliphatic heterocycles. The van der Waals surface area contributed by atoms with Crippen molar-refractivity contribution in [3.63, 3.8) is 0 Å². The van der Waals surface area contributed by atoms with Gasteiger partial charge in [0.25, 0.3) is 0 Å². The fourth-order valence-corrected chi connectivity index (χ4v) is 5.48. The average molecular weight is 447 g/mol. The number of benzene rings is 2. The zero-order valence-electron chi connectivity index (χ0n) is 18.6. The Kier molecular flexibility index (Phi) is 7.23. The van der Waals surface area contributed by atoms with Gasteiger partial charge in [0.05, 0.1) is 19.1 Å². The summed E-state index contributed by atoms with van der Waals surface area (Å²) in [5.74, 6) is 1.31. The highest BCUT2D eigenvalue weighted by Gasteiger charge is 2.31. The fourth-order valence-electron chi connectivity index (χ4n) is 3.75. The van der Waals surface area contributed by atoms with E-state index in [0.29, 0.717) is 55.4 Å². The SMILES string of the molecule is COc1ccc(CCC(=O)N2CCN(S(=O)(=O)c3cc(C)ccc3C)CC2)cc1OC. The predicted octanol–water partition coefficient (Wildman–Crippen LogP) is 2.79. The topological polar surface area (TPSA) is 76.2 Å². The Balaban J connectivity index is 1.58. The predicted molar refractivity (Wildman–Crippen MR) is 119 cm³/mol. The van der Waals surface area contributed by atoms with Gasteiger partial charge in [-0.05, 0) is 55.2 Å². The van der Waals surface area contributed by atoms with Crippen molar-refractivity contribution < 1.29 is 22.7 Å². The molecule has 0 spiro atoms. The van der Waals surface area contributed by atoms with Crippen LogP contribution in [0, 0.1) is 13.8 Å². The quantitative estimate of drug-likeness (QED) is 0.654. The molecule has 1 fully saturated rings. The van der Waals surface area contributed by atoms with Crippen LogP contribution in [-0.2, 0) is 21.2 Å². The Morgan fingerprint density at radius 2 is 1.61 bits per heavy atom. The van der Waals surface area contributed by atoms with E-state index in [1.54, 1.807) is 32.1 Å². The van der Waals surface area contributed by atoms with Crippen LogP contribution in [0.25, 0.3) is 0 Å². The largest absolute Gasteiger partial charge is 0.493 e. The van der Waals surface area contributed by atoms with Crippen LogP contribution >= 0.6 is 0 Å². The Morgan fingerprint density at radius 3 is 2.26 bits per heavy atom. The minimum atomic E-state index is -3.56. The molecule has 1 aliphatic rings. The molecule has 31 heavy (non-hydrogen) atoms. The number of hydrogen-bond donors (Lipinski definition) is 0. The summed E-state index contributed by atoms with van der Waals surface area (Å²) in [6.07, 6.45) is 0.944. The van der Waals surface area contributed by atoms with E-state index in [1.165, 1.54) is 4.31 Å². The highest BCUT2D eigenvalue weighted by Crippen LogP contribution is 2.28. The van der Waals surface area contributed by atoms with Gasteiger partial charge < -0.3 is 14.4 Å². The van der Waals surface area contributed by atoms with Crippen molar-refractivity contribution in [1.82, 2.24) is 9.21 Å². The maximum absolute atomic E-state index is 13.1. The summed E-state index contributed by atoms with van der Waals surface area (Å²) < 4.78 is 38.2. The number of ether oxygens (including phenoxy) is 2. The van der Waals surface area contributed by atoms with Crippen LogP contribution < -0.4 is 9.47 Å². The molecule has 2 aromatic rings. The van der Waals surface area contributed by atoms with Crippen molar-refractivity contribution in [2.45, 2.75) is 31.6 Å². The van der Waals surface area contributed by atoms with E-state index in [2.05, 4.69) is 0 Å². The Labute approximate surface area is 184 Å². The molecule has 0 unspecified atom stereocenters. The summed E-state index contributed by atoms with van der Waals surface area (Å²) >= 11 is 0. The van der Waals surface area contributed by atoms with Crippen molar-refractivity contribution in [1.29, 1.82) is 0 Å². The number of amides is 1. The second-order valence-electron chi connectivity index (χ2n) is 7.74. The molecule has 8 heteroatoms. The molecule has 0 aromatic heterocycles. The van der Waals surface area contributed by atoms with Crippen LogP contribution in [0.1, 0.15) is 23.1 Å². The summed E-state index contributed by atoms with van der Waals surface area (Å²) in [6, 6.07) is 11.1. The molecule has 0 radical (unpaired) electrons. The van der Waals surface area contributed by atoms with Gasteiger partial charge in [0, 0.05) is 32.6 Å². The van der Waals surface area contributed by atoms with Crippen LogP contribution in [0.4, 0.5) is 0 Å². The minimum absolute atomic E-state index is 0.0265. The van der Waals surface area contributed by atoms with Crippen LogP contribution in [-0.4, -0.2) is 63.9 Å². The number of nitrogens with zero attached hydrogens (tertiary/aromatic N) is 2. The molecule has 0 atom stereocenters. The van der Waals surface area contributed by atoms with E-state index >= 15 is 0 Å². The van der Waals surface area contributed by atoms with Crippen molar-refractivity contribution >= 4 is 15.9 Å². The van der Waals surface area contributed by atoms with Gasteiger partial charge in [-0.25, -0.2) is 8.42 Å². The number of piperazine rings is 1. The fraction of sp³-hybridized carbons (Fsp3) is 0.435. The highest BCUT2D eigenvalue weighted by molar-refractivity contribution is 7.89. The smallest absolute Gasteiger partial charge is 0.243 e. The van der Waals surface area contributed by atoms with Gasteiger partial charge in [0.2, 0.25) is 15.9 Å². The standard InChI is InChI=1S/C23H30N2O5S/c1-17-5-6-18(2)22(15-17)31(27,28)25-13-11-24(12-14-25)23(26)10-8-19-7-9-20(29-3)21(16-19)30-4/h5-7,9,15-16H,8,10-14H2,1-4H3. The summed E-state index contributed by atoms with van der Waals surface area (Å²) in [7, 11) is -0.398. The molecule has 1 amide bonds. The number of sulfonamides is 1. The van der Waals surface area contributed by atoms with Gasteiger partial charge >= 0.3 is 0 Å². The first-order valence-electron chi connectivity index (χ1n) is 10.3. The van der Waals surface area contributed by atoms with Crippen LogP contribution in [0.2, 0.25) is 0 Å². The van der Waals surface area contributed by atoms with Gasteiger partial charge in [-0.2, -0.15) is 4.31 Å². The number of carbonyl (C=O) groups is 1. The monoisotopic (exact) mass is 446 g/mol. The second kappa shape index (κ2) is 9.70. The molecule has 0 aliphatic carbocycles. The average Bonchev–Trinajstić information content (AvgIpc) is 2.78. The highest BCUT2D eigenvalue weighted by atomic mass is 32.2. The van der Waals surface area contributed by atoms with Gasteiger partial charge in [-0.1, -0.05) is 18.2 Å². The molecule has 2 aromatic carbocycles. The maximum atomic E-state index is 13.1. The summed E-state index contributed by atoms with van der Waals surface area (Å²) in [5.41, 5.74) is 2.63. The van der Waals surface area contributed by atoms with E-state index < -0.39 is 10.0 Å². The van der Waals surface area contributed by atoms with Crippen molar-refractivity contribution in [2.75, 3.05) is 40.4 Å². The molecule has 1 heterocycles. The van der Waals surface area contributed by atoms with E-state index in [1.807, 2.05) is 37.3 Å². The summed E-state index contributed by atoms with van der Waals surface area (Å²) in [5, 5.41) is 0. The molecular weight excluding hydrogens is 416 g/mol.